The molecular formula is C14H23N3O3. The van der Waals surface area contributed by atoms with E-state index < -0.39 is 0 Å². The Labute approximate surface area is 119 Å². The number of rotatable bonds is 6. The van der Waals surface area contributed by atoms with E-state index in [1.807, 2.05) is 6.92 Å². The van der Waals surface area contributed by atoms with Gasteiger partial charge in [0.15, 0.2) is 0 Å². The van der Waals surface area contributed by atoms with Gasteiger partial charge in [-0.2, -0.15) is 0 Å². The SMILES string of the molecule is CCCCn1nc(OCC)c(N2CCOCC2)cc1=O. The molecule has 1 fully saturated rings. The van der Waals surface area contributed by atoms with Crippen LogP contribution in [0.4, 0.5) is 5.69 Å². The quantitative estimate of drug-likeness (QED) is 0.786. The van der Waals surface area contributed by atoms with Crippen LogP contribution < -0.4 is 15.2 Å². The number of morpholine rings is 1. The lowest BCUT2D eigenvalue weighted by atomic mass is 10.3. The van der Waals surface area contributed by atoms with E-state index in [9.17, 15) is 4.79 Å². The lowest BCUT2D eigenvalue weighted by Gasteiger charge is -2.29. The highest BCUT2D eigenvalue weighted by Crippen LogP contribution is 2.24. The molecule has 0 N–H and O–H groups in total. The number of unbranched alkanes of at least 4 members (excludes halogenated alkanes) is 1. The van der Waals surface area contributed by atoms with E-state index >= 15 is 0 Å². The van der Waals surface area contributed by atoms with E-state index in [-0.39, 0.29) is 5.56 Å². The summed E-state index contributed by atoms with van der Waals surface area (Å²) in [5.41, 5.74) is 0.719. The minimum absolute atomic E-state index is 0.0663. The average molecular weight is 281 g/mol. The molecule has 1 aromatic heterocycles. The van der Waals surface area contributed by atoms with Gasteiger partial charge < -0.3 is 14.4 Å². The van der Waals surface area contributed by atoms with Crippen molar-refractivity contribution in [1.29, 1.82) is 0 Å². The van der Waals surface area contributed by atoms with Gasteiger partial charge in [-0.05, 0) is 13.3 Å². The van der Waals surface area contributed by atoms with Gasteiger partial charge in [-0.25, -0.2) is 4.68 Å². The van der Waals surface area contributed by atoms with Crippen molar-refractivity contribution in [2.75, 3.05) is 37.8 Å². The molecule has 6 heteroatoms. The molecule has 0 aliphatic carbocycles. The number of hydrogen-bond acceptors (Lipinski definition) is 5. The molecule has 0 aromatic carbocycles. The summed E-state index contributed by atoms with van der Waals surface area (Å²) in [5, 5.41) is 4.37. The van der Waals surface area contributed by atoms with Gasteiger partial charge in [0, 0.05) is 25.7 Å². The Morgan fingerprint density at radius 1 is 1.35 bits per heavy atom. The number of anilines is 1. The first-order valence-electron chi connectivity index (χ1n) is 7.34. The largest absolute Gasteiger partial charge is 0.475 e. The molecule has 1 aliphatic heterocycles. The van der Waals surface area contributed by atoms with Crippen molar-refractivity contribution < 1.29 is 9.47 Å². The van der Waals surface area contributed by atoms with Crippen molar-refractivity contribution in [1.82, 2.24) is 9.78 Å². The third-order valence-electron chi connectivity index (χ3n) is 3.30. The molecule has 0 saturated carbocycles. The predicted octanol–water partition coefficient (Wildman–Crippen LogP) is 1.28. The molecular weight excluding hydrogens is 258 g/mol. The van der Waals surface area contributed by atoms with Gasteiger partial charge >= 0.3 is 0 Å². The highest BCUT2D eigenvalue weighted by Gasteiger charge is 2.18. The molecule has 6 nitrogen and oxygen atoms in total. The molecule has 0 unspecified atom stereocenters. The fraction of sp³-hybridized carbons (Fsp3) is 0.714. The van der Waals surface area contributed by atoms with Crippen molar-refractivity contribution in [3.63, 3.8) is 0 Å². The molecule has 0 atom stereocenters. The second-order valence-corrected chi connectivity index (χ2v) is 4.78. The van der Waals surface area contributed by atoms with Crippen molar-refractivity contribution in [3.05, 3.63) is 16.4 Å². The van der Waals surface area contributed by atoms with Crippen LogP contribution in [0.25, 0.3) is 0 Å². The third-order valence-corrected chi connectivity index (χ3v) is 3.30. The summed E-state index contributed by atoms with van der Waals surface area (Å²) in [6.07, 6.45) is 1.97. The minimum atomic E-state index is -0.0663. The van der Waals surface area contributed by atoms with Crippen molar-refractivity contribution in [2.45, 2.75) is 33.2 Å². The van der Waals surface area contributed by atoms with E-state index in [0.717, 1.165) is 31.6 Å². The molecule has 112 valence electrons. The molecule has 2 heterocycles. The second kappa shape index (κ2) is 7.28. The molecule has 0 bridgehead atoms. The smallest absolute Gasteiger partial charge is 0.269 e. The first-order chi connectivity index (χ1) is 9.76. The fourth-order valence-corrected chi connectivity index (χ4v) is 2.20. The Morgan fingerprint density at radius 2 is 2.10 bits per heavy atom. The van der Waals surface area contributed by atoms with Crippen molar-refractivity contribution in [2.24, 2.45) is 0 Å². The van der Waals surface area contributed by atoms with Crippen molar-refractivity contribution >= 4 is 5.69 Å². The highest BCUT2D eigenvalue weighted by molar-refractivity contribution is 5.54. The van der Waals surface area contributed by atoms with Crippen LogP contribution in [0.1, 0.15) is 26.7 Å². The highest BCUT2D eigenvalue weighted by atomic mass is 16.5. The van der Waals surface area contributed by atoms with Gasteiger partial charge in [0.25, 0.3) is 11.4 Å². The molecule has 1 aliphatic rings. The summed E-state index contributed by atoms with van der Waals surface area (Å²) < 4.78 is 12.5. The van der Waals surface area contributed by atoms with Crippen LogP contribution in [-0.4, -0.2) is 42.7 Å². The fourth-order valence-electron chi connectivity index (χ4n) is 2.20. The van der Waals surface area contributed by atoms with Crippen molar-refractivity contribution in [3.8, 4) is 5.88 Å². The number of aryl methyl sites for hydroxylation is 1. The van der Waals surface area contributed by atoms with Crippen LogP contribution in [-0.2, 0) is 11.3 Å². The number of hydrogen-bond donors (Lipinski definition) is 0. The van der Waals surface area contributed by atoms with Gasteiger partial charge in [0.1, 0.15) is 5.69 Å². The molecule has 1 aromatic rings. The van der Waals surface area contributed by atoms with Gasteiger partial charge in [-0.3, -0.25) is 4.79 Å². The summed E-state index contributed by atoms with van der Waals surface area (Å²) in [6, 6.07) is 1.64. The summed E-state index contributed by atoms with van der Waals surface area (Å²) in [7, 11) is 0. The van der Waals surface area contributed by atoms with Gasteiger partial charge in [-0.15, -0.1) is 5.10 Å². The van der Waals surface area contributed by atoms with E-state index in [1.165, 1.54) is 4.68 Å². The monoisotopic (exact) mass is 281 g/mol. The van der Waals surface area contributed by atoms with E-state index in [2.05, 4.69) is 16.9 Å². The van der Waals surface area contributed by atoms with E-state index in [0.29, 0.717) is 32.2 Å². The van der Waals surface area contributed by atoms with E-state index in [4.69, 9.17) is 9.47 Å². The Kier molecular flexibility index (Phi) is 5.40. The summed E-state index contributed by atoms with van der Waals surface area (Å²) >= 11 is 0. The van der Waals surface area contributed by atoms with Crippen LogP contribution in [0.5, 0.6) is 5.88 Å². The van der Waals surface area contributed by atoms with Crippen LogP contribution in [0.3, 0.4) is 0 Å². The Hall–Kier alpha value is -1.56. The first kappa shape index (κ1) is 14.8. The standard InChI is InChI=1S/C14H23N3O3/c1-3-5-6-17-13(18)11-12(14(15-17)20-4-2)16-7-9-19-10-8-16/h11H,3-10H2,1-2H3. The van der Waals surface area contributed by atoms with Gasteiger partial charge in [0.2, 0.25) is 0 Å². The number of nitrogens with zero attached hydrogens (tertiary/aromatic N) is 3. The van der Waals surface area contributed by atoms with Crippen LogP contribution >= 0.6 is 0 Å². The summed E-state index contributed by atoms with van der Waals surface area (Å²) in [5.74, 6) is 0.546. The van der Waals surface area contributed by atoms with Gasteiger partial charge in [0.05, 0.1) is 19.8 Å². The molecule has 0 spiro atoms. The molecule has 0 amide bonds. The Balaban J connectivity index is 2.29. The number of ether oxygens (including phenoxy) is 2. The third kappa shape index (κ3) is 3.50. The topological polar surface area (TPSA) is 56.6 Å². The maximum atomic E-state index is 12.1. The molecule has 1 saturated heterocycles. The van der Waals surface area contributed by atoms with E-state index in [1.54, 1.807) is 6.07 Å². The zero-order valence-electron chi connectivity index (χ0n) is 12.3. The number of aromatic nitrogens is 2. The zero-order chi connectivity index (χ0) is 14.4. The van der Waals surface area contributed by atoms with Crippen LogP contribution in [0, 0.1) is 0 Å². The molecule has 20 heavy (non-hydrogen) atoms. The van der Waals surface area contributed by atoms with Gasteiger partial charge in [-0.1, -0.05) is 13.3 Å². The lowest BCUT2D eigenvalue weighted by Crippen LogP contribution is -2.38. The predicted molar refractivity (Wildman–Crippen MR) is 77.6 cm³/mol. The average Bonchev–Trinajstić information content (AvgIpc) is 2.48. The molecule has 0 radical (unpaired) electrons. The Bertz CT molecular complexity index is 481. The maximum Gasteiger partial charge on any atom is 0.269 e. The minimum Gasteiger partial charge on any atom is -0.475 e. The Morgan fingerprint density at radius 3 is 2.75 bits per heavy atom. The first-order valence-corrected chi connectivity index (χ1v) is 7.34. The second-order valence-electron chi connectivity index (χ2n) is 4.78. The lowest BCUT2D eigenvalue weighted by molar-refractivity contribution is 0.122. The van der Waals surface area contributed by atoms with Crippen LogP contribution in [0.15, 0.2) is 10.9 Å². The summed E-state index contributed by atoms with van der Waals surface area (Å²) in [6.45, 7) is 8.06. The van der Waals surface area contributed by atoms with Crippen LogP contribution in [0.2, 0.25) is 0 Å². The molecule has 2 rings (SSSR count). The zero-order valence-corrected chi connectivity index (χ0v) is 12.3. The normalized spacial score (nSPS) is 15.4. The maximum absolute atomic E-state index is 12.1. The summed E-state index contributed by atoms with van der Waals surface area (Å²) in [4.78, 5) is 14.2.